The monoisotopic (exact) mass is 490 g/mol. The Morgan fingerprint density at radius 3 is 1.97 bits per heavy atom. The van der Waals surface area contributed by atoms with Gasteiger partial charge in [-0.2, -0.15) is 0 Å². The maximum atomic E-state index is 13.0. The fourth-order valence-electron chi connectivity index (χ4n) is 5.16. The fourth-order valence-corrected chi connectivity index (χ4v) is 5.16. The Hall–Kier alpha value is -5.22. The van der Waals surface area contributed by atoms with Crippen LogP contribution in [0.25, 0.3) is 61.3 Å². The van der Waals surface area contributed by atoms with Gasteiger partial charge >= 0.3 is 5.63 Å². The molecule has 5 aromatic carbocycles. The van der Waals surface area contributed by atoms with Gasteiger partial charge in [0.25, 0.3) is 0 Å². The third kappa shape index (κ3) is 3.62. The van der Waals surface area contributed by atoms with Gasteiger partial charge in [-0.05, 0) is 23.6 Å². The highest BCUT2D eigenvalue weighted by Crippen LogP contribution is 2.40. The zero-order chi connectivity index (χ0) is 25.5. The second-order valence-electron chi connectivity index (χ2n) is 9.18. The van der Waals surface area contributed by atoms with Crippen molar-refractivity contribution in [2.24, 2.45) is 0 Å². The van der Waals surface area contributed by atoms with E-state index in [9.17, 15) is 4.79 Å². The first-order chi connectivity index (χ1) is 18.8. The van der Waals surface area contributed by atoms with E-state index in [1.807, 2.05) is 84.9 Å². The van der Waals surface area contributed by atoms with E-state index in [4.69, 9.17) is 9.40 Å². The van der Waals surface area contributed by atoms with Crippen LogP contribution < -0.4 is 5.63 Å². The minimum atomic E-state index is -0.408. The molecule has 7 aromatic rings. The molecule has 0 atom stereocenters. The van der Waals surface area contributed by atoms with Gasteiger partial charge in [-0.15, -0.1) is 0 Å². The lowest BCUT2D eigenvalue weighted by molar-refractivity contribution is 0.564. The van der Waals surface area contributed by atoms with Crippen molar-refractivity contribution in [1.82, 2.24) is 9.55 Å². The molecule has 0 bridgehead atoms. The Morgan fingerprint density at radius 2 is 1.24 bits per heavy atom. The summed E-state index contributed by atoms with van der Waals surface area (Å²) in [4.78, 5) is 18.3. The maximum absolute atomic E-state index is 13.0. The average molecular weight is 491 g/mol. The van der Waals surface area contributed by atoms with Crippen LogP contribution in [0.15, 0.2) is 143 Å². The van der Waals surface area contributed by atoms with Gasteiger partial charge < -0.3 is 4.42 Å². The van der Waals surface area contributed by atoms with Crippen LogP contribution in [0.3, 0.4) is 0 Å². The number of hydrogen-bond donors (Lipinski definition) is 0. The van der Waals surface area contributed by atoms with Gasteiger partial charge in [0.05, 0.1) is 11.4 Å². The molecule has 0 N–H and O–H groups in total. The highest BCUT2D eigenvalue weighted by atomic mass is 16.4. The summed E-state index contributed by atoms with van der Waals surface area (Å²) >= 11 is 0. The molecule has 0 spiro atoms. The van der Waals surface area contributed by atoms with E-state index in [0.29, 0.717) is 11.4 Å². The van der Waals surface area contributed by atoms with Gasteiger partial charge in [-0.1, -0.05) is 109 Å². The minimum absolute atomic E-state index is 0.408. The molecule has 180 valence electrons. The summed E-state index contributed by atoms with van der Waals surface area (Å²) in [5.74, 6) is 0.682. The summed E-state index contributed by atoms with van der Waals surface area (Å²) in [7, 11) is 0. The standard InChI is InChI=1S/C34H22N2O2/c37-30-22-29(28-21-20-23-12-10-11-19-27(23)33(28)38-30)34-35-31(24-13-4-1-5-14-24)32(25-15-6-2-7-16-25)36(34)26-17-8-3-9-18-26/h1-22H. The molecule has 0 fully saturated rings. The molecule has 0 amide bonds. The number of para-hydroxylation sites is 1. The molecule has 0 saturated carbocycles. The third-order valence-corrected chi connectivity index (χ3v) is 6.86. The van der Waals surface area contributed by atoms with Crippen molar-refractivity contribution < 1.29 is 4.42 Å². The number of rotatable bonds is 4. The molecule has 7 rings (SSSR count). The third-order valence-electron chi connectivity index (χ3n) is 6.86. The van der Waals surface area contributed by atoms with Crippen molar-refractivity contribution in [2.45, 2.75) is 0 Å². The molecule has 2 aromatic heterocycles. The molecule has 0 aliphatic carbocycles. The largest absolute Gasteiger partial charge is 0.422 e. The van der Waals surface area contributed by atoms with Crippen LogP contribution in [-0.2, 0) is 0 Å². The highest BCUT2D eigenvalue weighted by molar-refractivity contribution is 6.08. The molecule has 0 aliphatic rings. The summed E-state index contributed by atoms with van der Waals surface area (Å²) < 4.78 is 7.95. The smallest absolute Gasteiger partial charge is 0.336 e. The topological polar surface area (TPSA) is 48.0 Å². The average Bonchev–Trinajstić information content (AvgIpc) is 3.39. The van der Waals surface area contributed by atoms with E-state index in [1.165, 1.54) is 0 Å². The zero-order valence-corrected chi connectivity index (χ0v) is 20.4. The quantitative estimate of drug-likeness (QED) is 0.185. The molecule has 0 unspecified atom stereocenters. The summed E-state index contributed by atoms with van der Waals surface area (Å²) in [6, 6.07) is 44.2. The van der Waals surface area contributed by atoms with Crippen molar-refractivity contribution in [3.8, 4) is 39.6 Å². The minimum Gasteiger partial charge on any atom is -0.422 e. The highest BCUT2D eigenvalue weighted by Gasteiger charge is 2.24. The molecule has 0 radical (unpaired) electrons. The predicted octanol–water partition coefficient (Wildman–Crippen LogP) is 8.13. The molecule has 0 saturated heterocycles. The van der Waals surface area contributed by atoms with Gasteiger partial charge in [0.15, 0.2) is 0 Å². The van der Waals surface area contributed by atoms with Gasteiger partial charge in [-0.25, -0.2) is 9.78 Å². The number of benzene rings is 5. The van der Waals surface area contributed by atoms with Gasteiger partial charge in [0.2, 0.25) is 0 Å². The molecule has 4 nitrogen and oxygen atoms in total. The van der Waals surface area contributed by atoms with Crippen LogP contribution in [0.2, 0.25) is 0 Å². The van der Waals surface area contributed by atoms with Crippen molar-refractivity contribution in [3.63, 3.8) is 0 Å². The summed E-state index contributed by atoms with van der Waals surface area (Å²) in [5.41, 5.74) is 5.68. The van der Waals surface area contributed by atoms with Crippen LogP contribution in [0.5, 0.6) is 0 Å². The first-order valence-electron chi connectivity index (χ1n) is 12.5. The number of hydrogen-bond acceptors (Lipinski definition) is 3. The Labute approximate surface area is 219 Å². The predicted molar refractivity (Wildman–Crippen MR) is 153 cm³/mol. The number of imidazole rings is 1. The van der Waals surface area contributed by atoms with Crippen molar-refractivity contribution >= 4 is 21.7 Å². The van der Waals surface area contributed by atoms with Gasteiger partial charge in [0, 0.05) is 39.2 Å². The molecule has 2 heterocycles. The van der Waals surface area contributed by atoms with Crippen molar-refractivity contribution in [3.05, 3.63) is 144 Å². The van der Waals surface area contributed by atoms with Gasteiger partial charge in [0.1, 0.15) is 11.4 Å². The lowest BCUT2D eigenvalue weighted by Gasteiger charge is -2.14. The molecular formula is C34H22N2O2. The fraction of sp³-hybridized carbons (Fsp3) is 0. The van der Waals surface area contributed by atoms with E-state index >= 15 is 0 Å². The molecule has 38 heavy (non-hydrogen) atoms. The lowest BCUT2D eigenvalue weighted by Crippen LogP contribution is -2.04. The van der Waals surface area contributed by atoms with Crippen molar-refractivity contribution in [1.29, 1.82) is 0 Å². The van der Waals surface area contributed by atoms with E-state index in [2.05, 4.69) is 47.0 Å². The van der Waals surface area contributed by atoms with E-state index in [-0.39, 0.29) is 0 Å². The number of aromatic nitrogens is 2. The SMILES string of the molecule is O=c1cc(-c2nc(-c3ccccc3)c(-c3ccccc3)n2-c2ccccc2)c2ccc3ccccc3c2o1. The van der Waals surface area contributed by atoms with Crippen LogP contribution in [0.1, 0.15) is 0 Å². The molecule has 0 aliphatic heterocycles. The lowest BCUT2D eigenvalue weighted by atomic mass is 10.0. The van der Waals surface area contributed by atoms with Gasteiger partial charge in [-0.3, -0.25) is 4.57 Å². The van der Waals surface area contributed by atoms with Crippen molar-refractivity contribution in [2.75, 3.05) is 0 Å². The number of fused-ring (bicyclic) bond motifs is 3. The second-order valence-corrected chi connectivity index (χ2v) is 9.18. The zero-order valence-electron chi connectivity index (χ0n) is 20.4. The summed E-state index contributed by atoms with van der Waals surface area (Å²) in [5, 5.41) is 2.75. The van der Waals surface area contributed by atoms with Crippen LogP contribution in [0.4, 0.5) is 0 Å². The molecule has 4 heteroatoms. The first kappa shape index (κ1) is 22.0. The van der Waals surface area contributed by atoms with Crippen LogP contribution in [0, 0.1) is 0 Å². The van der Waals surface area contributed by atoms with E-state index in [0.717, 1.165) is 49.9 Å². The number of nitrogens with zero attached hydrogens (tertiary/aromatic N) is 2. The van der Waals surface area contributed by atoms with Crippen LogP contribution >= 0.6 is 0 Å². The van der Waals surface area contributed by atoms with E-state index in [1.54, 1.807) is 6.07 Å². The summed E-state index contributed by atoms with van der Waals surface area (Å²) in [6.07, 6.45) is 0. The summed E-state index contributed by atoms with van der Waals surface area (Å²) in [6.45, 7) is 0. The normalized spacial score (nSPS) is 11.3. The Kier molecular flexibility index (Phi) is 5.22. The first-order valence-corrected chi connectivity index (χ1v) is 12.5. The Balaban J connectivity index is 1.65. The van der Waals surface area contributed by atoms with Crippen LogP contribution in [-0.4, -0.2) is 9.55 Å². The molecular weight excluding hydrogens is 468 g/mol. The Morgan fingerprint density at radius 1 is 0.605 bits per heavy atom. The maximum Gasteiger partial charge on any atom is 0.336 e. The Bertz CT molecular complexity index is 1970. The van der Waals surface area contributed by atoms with E-state index < -0.39 is 5.63 Å². The second kappa shape index (κ2) is 9.02.